The molecule has 2 saturated heterocycles. The summed E-state index contributed by atoms with van der Waals surface area (Å²) in [4.78, 5) is 14.4. The molecule has 0 bridgehead atoms. The van der Waals surface area contributed by atoms with Crippen molar-refractivity contribution in [2.24, 2.45) is 5.92 Å². The molecule has 0 radical (unpaired) electrons. The second kappa shape index (κ2) is 7.44. The second-order valence-corrected chi connectivity index (χ2v) is 9.39. The molecule has 2 atom stereocenters. The zero-order valence-corrected chi connectivity index (χ0v) is 16.0. The minimum atomic E-state index is -3.35. The van der Waals surface area contributed by atoms with Crippen molar-refractivity contribution in [1.82, 2.24) is 9.21 Å². The van der Waals surface area contributed by atoms with Crippen LogP contribution in [0.1, 0.15) is 17.5 Å². The smallest absolute Gasteiger partial charge is 0.223 e. The van der Waals surface area contributed by atoms with Gasteiger partial charge in [-0.1, -0.05) is 60.7 Å². The standard InChI is InChI=1S/C21H24N2O3S/c24-21(12-11-17-7-3-1-4-8-17)23-14-19-13-22(15-20(19)23)27(25,26)16-18-9-5-2-6-10-18/h1-10,19-20H,11-16H2. The minimum absolute atomic E-state index is 0.0230. The van der Waals surface area contributed by atoms with E-state index in [9.17, 15) is 13.2 Å². The van der Waals surface area contributed by atoms with Gasteiger partial charge in [0.05, 0.1) is 11.8 Å². The Morgan fingerprint density at radius 1 is 0.889 bits per heavy atom. The first-order valence-corrected chi connectivity index (χ1v) is 11.0. The van der Waals surface area contributed by atoms with Gasteiger partial charge >= 0.3 is 0 Å². The Labute approximate surface area is 160 Å². The first kappa shape index (κ1) is 18.2. The molecule has 0 spiro atoms. The molecule has 2 aromatic carbocycles. The number of nitrogens with zero attached hydrogens (tertiary/aromatic N) is 2. The third kappa shape index (κ3) is 3.92. The first-order chi connectivity index (χ1) is 13.0. The Morgan fingerprint density at radius 2 is 1.52 bits per heavy atom. The van der Waals surface area contributed by atoms with Crippen LogP contribution in [-0.2, 0) is 27.0 Å². The molecule has 2 unspecified atom stereocenters. The number of hydrogen-bond acceptors (Lipinski definition) is 3. The van der Waals surface area contributed by atoms with E-state index in [0.717, 1.165) is 17.5 Å². The van der Waals surface area contributed by atoms with Gasteiger partial charge in [-0.3, -0.25) is 4.79 Å². The number of hydrogen-bond donors (Lipinski definition) is 0. The van der Waals surface area contributed by atoms with Crippen LogP contribution in [0.4, 0.5) is 0 Å². The molecule has 0 aliphatic carbocycles. The Bertz CT molecular complexity index is 900. The van der Waals surface area contributed by atoms with Crippen LogP contribution in [0.15, 0.2) is 60.7 Å². The number of benzene rings is 2. The highest BCUT2D eigenvalue weighted by molar-refractivity contribution is 7.88. The van der Waals surface area contributed by atoms with Gasteiger partial charge in [-0.2, -0.15) is 4.31 Å². The molecular formula is C21H24N2O3S. The topological polar surface area (TPSA) is 57.7 Å². The highest BCUT2D eigenvalue weighted by Gasteiger charge is 2.50. The van der Waals surface area contributed by atoms with Crippen LogP contribution in [0.25, 0.3) is 0 Å². The second-order valence-electron chi connectivity index (χ2n) is 7.42. The van der Waals surface area contributed by atoms with Crippen molar-refractivity contribution in [3.8, 4) is 0 Å². The van der Waals surface area contributed by atoms with Gasteiger partial charge in [0, 0.05) is 32.0 Å². The van der Waals surface area contributed by atoms with E-state index in [-0.39, 0.29) is 23.6 Å². The maximum absolute atomic E-state index is 12.7. The lowest BCUT2D eigenvalue weighted by atomic mass is 9.91. The fraction of sp³-hybridized carbons (Fsp3) is 0.381. The lowest BCUT2D eigenvalue weighted by molar-refractivity contribution is -0.141. The van der Waals surface area contributed by atoms with Crippen LogP contribution in [0.5, 0.6) is 0 Å². The summed E-state index contributed by atoms with van der Waals surface area (Å²) >= 11 is 0. The molecule has 2 aromatic rings. The average Bonchev–Trinajstić information content (AvgIpc) is 2.99. The van der Waals surface area contributed by atoms with Gasteiger partial charge in [-0.25, -0.2) is 8.42 Å². The third-order valence-electron chi connectivity index (χ3n) is 5.58. The number of carbonyl (C=O) groups is 1. The predicted octanol–water partition coefficient (Wildman–Crippen LogP) is 2.29. The van der Waals surface area contributed by atoms with Gasteiger partial charge in [0.2, 0.25) is 15.9 Å². The van der Waals surface area contributed by atoms with Crippen LogP contribution < -0.4 is 0 Å². The van der Waals surface area contributed by atoms with Crippen LogP contribution >= 0.6 is 0 Å². The Balaban J connectivity index is 1.33. The SMILES string of the molecule is O=C(CCc1ccccc1)N1CC2CN(S(=O)(=O)Cc3ccccc3)CC21. The zero-order valence-electron chi connectivity index (χ0n) is 15.2. The summed E-state index contributed by atoms with van der Waals surface area (Å²) < 4.78 is 27.0. The molecular weight excluding hydrogens is 360 g/mol. The first-order valence-electron chi connectivity index (χ1n) is 9.38. The Kier molecular flexibility index (Phi) is 5.02. The number of likely N-dealkylation sites (tertiary alicyclic amines) is 1. The largest absolute Gasteiger partial charge is 0.338 e. The molecule has 5 nitrogen and oxygen atoms in total. The van der Waals surface area contributed by atoms with Crippen LogP contribution in [-0.4, -0.2) is 49.2 Å². The van der Waals surface area contributed by atoms with E-state index in [1.807, 2.05) is 65.6 Å². The quantitative estimate of drug-likeness (QED) is 0.768. The summed E-state index contributed by atoms with van der Waals surface area (Å²) in [6, 6.07) is 19.3. The third-order valence-corrected chi connectivity index (χ3v) is 7.36. The number of sulfonamides is 1. The summed E-state index contributed by atoms with van der Waals surface area (Å²) in [6.45, 7) is 1.63. The molecule has 27 heavy (non-hydrogen) atoms. The van der Waals surface area contributed by atoms with Crippen molar-refractivity contribution in [3.63, 3.8) is 0 Å². The number of carbonyl (C=O) groups excluding carboxylic acids is 1. The fourth-order valence-electron chi connectivity index (χ4n) is 4.03. The Morgan fingerprint density at radius 3 is 2.19 bits per heavy atom. The van der Waals surface area contributed by atoms with Gasteiger partial charge in [0.15, 0.2) is 0 Å². The number of aryl methyl sites for hydroxylation is 1. The van der Waals surface area contributed by atoms with Gasteiger partial charge in [0.25, 0.3) is 0 Å². The van der Waals surface area contributed by atoms with Gasteiger partial charge in [0.1, 0.15) is 0 Å². The predicted molar refractivity (Wildman–Crippen MR) is 104 cm³/mol. The van der Waals surface area contributed by atoms with Crippen molar-refractivity contribution in [2.75, 3.05) is 19.6 Å². The van der Waals surface area contributed by atoms with Crippen molar-refractivity contribution in [1.29, 1.82) is 0 Å². The molecule has 2 heterocycles. The molecule has 0 saturated carbocycles. The summed E-state index contributed by atoms with van der Waals surface area (Å²) in [7, 11) is -3.35. The summed E-state index contributed by atoms with van der Waals surface area (Å²) in [5.74, 6) is 0.425. The summed E-state index contributed by atoms with van der Waals surface area (Å²) in [5, 5.41) is 0. The van der Waals surface area contributed by atoms with Gasteiger partial charge < -0.3 is 4.90 Å². The molecule has 1 amide bonds. The van der Waals surface area contributed by atoms with Crippen molar-refractivity contribution < 1.29 is 13.2 Å². The van der Waals surface area contributed by atoms with Crippen molar-refractivity contribution >= 4 is 15.9 Å². The maximum atomic E-state index is 12.7. The monoisotopic (exact) mass is 384 g/mol. The number of amides is 1. The molecule has 0 N–H and O–H groups in total. The van der Waals surface area contributed by atoms with Gasteiger partial charge in [-0.15, -0.1) is 0 Å². The molecule has 0 aromatic heterocycles. The van der Waals surface area contributed by atoms with Crippen molar-refractivity contribution in [3.05, 3.63) is 71.8 Å². The average molecular weight is 385 g/mol. The fourth-order valence-corrected chi connectivity index (χ4v) is 5.62. The normalized spacial score (nSPS) is 22.3. The van der Waals surface area contributed by atoms with Crippen LogP contribution in [0, 0.1) is 5.92 Å². The molecule has 6 heteroatoms. The molecule has 4 rings (SSSR count). The van der Waals surface area contributed by atoms with Gasteiger partial charge in [-0.05, 0) is 17.5 Å². The van der Waals surface area contributed by atoms with E-state index < -0.39 is 10.0 Å². The molecule has 2 fully saturated rings. The number of rotatable bonds is 6. The lowest BCUT2D eigenvalue weighted by Crippen LogP contribution is -2.58. The molecule has 142 valence electrons. The number of fused-ring (bicyclic) bond motifs is 1. The summed E-state index contributed by atoms with van der Waals surface area (Å²) in [5.41, 5.74) is 1.95. The van der Waals surface area contributed by atoms with E-state index in [4.69, 9.17) is 0 Å². The lowest BCUT2D eigenvalue weighted by Gasteiger charge is -2.43. The molecule has 2 aliphatic heterocycles. The summed E-state index contributed by atoms with van der Waals surface area (Å²) in [6.07, 6.45) is 1.20. The van der Waals surface area contributed by atoms with Crippen LogP contribution in [0.2, 0.25) is 0 Å². The minimum Gasteiger partial charge on any atom is -0.338 e. The van der Waals surface area contributed by atoms with E-state index in [0.29, 0.717) is 26.1 Å². The van der Waals surface area contributed by atoms with E-state index in [1.54, 1.807) is 4.31 Å². The van der Waals surface area contributed by atoms with Crippen molar-refractivity contribution in [2.45, 2.75) is 24.6 Å². The van der Waals surface area contributed by atoms with Crippen LogP contribution in [0.3, 0.4) is 0 Å². The highest BCUT2D eigenvalue weighted by Crippen LogP contribution is 2.34. The van der Waals surface area contributed by atoms with E-state index in [2.05, 4.69) is 0 Å². The van der Waals surface area contributed by atoms with E-state index >= 15 is 0 Å². The zero-order chi connectivity index (χ0) is 18.9. The maximum Gasteiger partial charge on any atom is 0.223 e. The van der Waals surface area contributed by atoms with E-state index in [1.165, 1.54) is 0 Å². The highest BCUT2D eigenvalue weighted by atomic mass is 32.2. The molecule has 2 aliphatic rings. The Hall–Kier alpha value is -2.18.